The van der Waals surface area contributed by atoms with Crippen molar-refractivity contribution in [3.05, 3.63) is 52.8 Å². The number of nitrogens with zero attached hydrogens (tertiary/aromatic N) is 2. The summed E-state index contributed by atoms with van der Waals surface area (Å²) < 4.78 is 0. The molecule has 3 rings (SSSR count). The van der Waals surface area contributed by atoms with Crippen molar-refractivity contribution >= 4 is 17.7 Å². The number of hydrogen-bond donors (Lipinski definition) is 1. The van der Waals surface area contributed by atoms with Crippen LogP contribution in [0.25, 0.3) is 0 Å². The first-order chi connectivity index (χ1) is 11.6. The minimum absolute atomic E-state index is 0.268. The van der Waals surface area contributed by atoms with Gasteiger partial charge in [-0.3, -0.25) is 9.89 Å². The highest BCUT2D eigenvalue weighted by Gasteiger charge is 2.22. The minimum Gasteiger partial charge on any atom is -0.342 e. The molecular formula is C19H25N3OS. The van der Waals surface area contributed by atoms with E-state index in [-0.39, 0.29) is 5.91 Å². The van der Waals surface area contributed by atoms with E-state index in [1.54, 1.807) is 0 Å². The summed E-state index contributed by atoms with van der Waals surface area (Å²) in [7, 11) is 0. The molecule has 128 valence electrons. The van der Waals surface area contributed by atoms with Crippen LogP contribution in [0.5, 0.6) is 0 Å². The summed E-state index contributed by atoms with van der Waals surface area (Å²) in [4.78, 5) is 14.6. The summed E-state index contributed by atoms with van der Waals surface area (Å²) in [5.74, 6) is 1.28. The van der Waals surface area contributed by atoms with Crippen molar-refractivity contribution in [1.82, 2.24) is 15.1 Å². The van der Waals surface area contributed by atoms with Crippen LogP contribution < -0.4 is 0 Å². The van der Waals surface area contributed by atoms with E-state index in [1.807, 2.05) is 30.5 Å². The van der Waals surface area contributed by atoms with Gasteiger partial charge in [-0.2, -0.15) is 16.9 Å². The number of rotatable bonds is 4. The summed E-state index contributed by atoms with van der Waals surface area (Å²) in [6.45, 7) is 5.73. The van der Waals surface area contributed by atoms with Crippen LogP contribution in [0.2, 0.25) is 0 Å². The van der Waals surface area contributed by atoms with Crippen molar-refractivity contribution in [3.63, 3.8) is 0 Å². The fourth-order valence-electron chi connectivity index (χ4n) is 3.29. The second-order valence-corrected chi connectivity index (χ2v) is 7.66. The predicted molar refractivity (Wildman–Crippen MR) is 99.2 cm³/mol. The number of H-pyrrole nitrogens is 1. The van der Waals surface area contributed by atoms with Gasteiger partial charge < -0.3 is 4.90 Å². The highest BCUT2D eigenvalue weighted by molar-refractivity contribution is 7.99. The van der Waals surface area contributed by atoms with Crippen LogP contribution in [-0.2, 0) is 11.2 Å². The topological polar surface area (TPSA) is 49.0 Å². The van der Waals surface area contributed by atoms with E-state index in [2.05, 4.69) is 40.5 Å². The molecule has 1 atom stereocenters. The van der Waals surface area contributed by atoms with Gasteiger partial charge in [0, 0.05) is 36.2 Å². The number of thioether (sulfide) groups is 1. The third kappa shape index (κ3) is 4.01. The zero-order valence-corrected chi connectivity index (χ0v) is 15.2. The van der Waals surface area contributed by atoms with E-state index < -0.39 is 0 Å². The van der Waals surface area contributed by atoms with Gasteiger partial charge in [0.15, 0.2) is 0 Å². The number of nitrogens with one attached hydrogen (secondary N) is 1. The quantitative estimate of drug-likeness (QED) is 0.921. The van der Waals surface area contributed by atoms with Crippen molar-refractivity contribution < 1.29 is 4.79 Å². The fourth-order valence-corrected chi connectivity index (χ4v) is 4.52. The average Bonchev–Trinajstić information content (AvgIpc) is 2.81. The molecule has 4 nitrogen and oxygen atoms in total. The molecule has 0 aliphatic carbocycles. The second-order valence-electron chi connectivity index (χ2n) is 6.35. The number of aromatic nitrogens is 2. The standard InChI is InChI=1S/C19H25N3OS/c1-14-17(15(2)21-20-14)8-9-19(23)22-11-10-18(24-13-12-22)16-6-4-3-5-7-16/h3-7,18H,8-13H2,1-2H3,(H,20,21)/t18-/m0/s1. The van der Waals surface area contributed by atoms with Gasteiger partial charge >= 0.3 is 0 Å². The highest BCUT2D eigenvalue weighted by Crippen LogP contribution is 2.34. The Hall–Kier alpha value is -1.75. The Kier molecular flexibility index (Phi) is 5.61. The van der Waals surface area contributed by atoms with Gasteiger partial charge in [-0.1, -0.05) is 30.3 Å². The van der Waals surface area contributed by atoms with E-state index in [9.17, 15) is 4.79 Å². The molecule has 0 spiro atoms. The molecule has 0 bridgehead atoms. The Balaban J connectivity index is 1.55. The summed E-state index contributed by atoms with van der Waals surface area (Å²) in [6, 6.07) is 10.6. The number of carbonyl (C=O) groups is 1. The van der Waals surface area contributed by atoms with Gasteiger partial charge in [0.2, 0.25) is 5.91 Å². The first kappa shape index (κ1) is 17.1. The molecule has 0 unspecified atom stereocenters. The molecular weight excluding hydrogens is 318 g/mol. The summed E-state index contributed by atoms with van der Waals surface area (Å²) in [5.41, 5.74) is 4.66. The SMILES string of the molecule is Cc1n[nH]c(C)c1CCC(=O)N1CCS[C@H](c2ccccc2)CC1. The molecule has 2 heterocycles. The van der Waals surface area contributed by atoms with Gasteiger partial charge in [0.1, 0.15) is 0 Å². The van der Waals surface area contributed by atoms with Gasteiger partial charge in [0.25, 0.3) is 0 Å². The monoisotopic (exact) mass is 343 g/mol. The van der Waals surface area contributed by atoms with E-state index in [0.29, 0.717) is 11.7 Å². The van der Waals surface area contributed by atoms with Gasteiger partial charge in [-0.05, 0) is 37.8 Å². The number of aromatic amines is 1. The van der Waals surface area contributed by atoms with Gasteiger partial charge in [-0.15, -0.1) is 0 Å². The van der Waals surface area contributed by atoms with Crippen LogP contribution in [0, 0.1) is 13.8 Å². The van der Waals surface area contributed by atoms with E-state index >= 15 is 0 Å². The molecule has 0 saturated carbocycles. The Bertz CT molecular complexity index is 664. The van der Waals surface area contributed by atoms with E-state index in [4.69, 9.17) is 0 Å². The molecule has 2 aromatic rings. The van der Waals surface area contributed by atoms with Crippen molar-refractivity contribution in [1.29, 1.82) is 0 Å². The van der Waals surface area contributed by atoms with Crippen LogP contribution in [0.4, 0.5) is 0 Å². The Morgan fingerprint density at radius 2 is 2.08 bits per heavy atom. The molecule has 1 saturated heterocycles. The van der Waals surface area contributed by atoms with Crippen LogP contribution in [-0.4, -0.2) is 39.8 Å². The Morgan fingerprint density at radius 3 is 2.79 bits per heavy atom. The zero-order valence-electron chi connectivity index (χ0n) is 14.4. The van der Waals surface area contributed by atoms with Crippen molar-refractivity contribution in [3.8, 4) is 0 Å². The number of aryl methyl sites for hydroxylation is 2. The van der Waals surface area contributed by atoms with E-state index in [1.165, 1.54) is 11.1 Å². The van der Waals surface area contributed by atoms with E-state index in [0.717, 1.165) is 43.1 Å². The first-order valence-electron chi connectivity index (χ1n) is 8.60. The summed E-state index contributed by atoms with van der Waals surface area (Å²) in [5, 5.41) is 7.71. The molecule has 0 radical (unpaired) electrons. The normalized spacial score (nSPS) is 18.4. The van der Waals surface area contributed by atoms with Gasteiger partial charge in [-0.25, -0.2) is 0 Å². The lowest BCUT2D eigenvalue weighted by atomic mass is 10.1. The number of hydrogen-bond acceptors (Lipinski definition) is 3. The van der Waals surface area contributed by atoms with Crippen molar-refractivity contribution in [2.24, 2.45) is 0 Å². The minimum atomic E-state index is 0.268. The maximum Gasteiger partial charge on any atom is 0.222 e. The Morgan fingerprint density at radius 1 is 1.29 bits per heavy atom. The lowest BCUT2D eigenvalue weighted by Gasteiger charge is -2.20. The lowest BCUT2D eigenvalue weighted by molar-refractivity contribution is -0.130. The summed E-state index contributed by atoms with van der Waals surface area (Å²) >= 11 is 1.97. The molecule has 1 aromatic heterocycles. The zero-order chi connectivity index (χ0) is 16.9. The van der Waals surface area contributed by atoms with Crippen LogP contribution in [0.15, 0.2) is 30.3 Å². The van der Waals surface area contributed by atoms with Crippen molar-refractivity contribution in [2.75, 3.05) is 18.8 Å². The average molecular weight is 343 g/mol. The number of benzene rings is 1. The highest BCUT2D eigenvalue weighted by atomic mass is 32.2. The van der Waals surface area contributed by atoms with Crippen molar-refractivity contribution in [2.45, 2.75) is 38.4 Å². The smallest absolute Gasteiger partial charge is 0.222 e. The molecule has 1 aromatic carbocycles. The lowest BCUT2D eigenvalue weighted by Crippen LogP contribution is -2.33. The molecule has 5 heteroatoms. The van der Waals surface area contributed by atoms with Crippen LogP contribution in [0.3, 0.4) is 0 Å². The third-order valence-electron chi connectivity index (χ3n) is 4.74. The number of amides is 1. The Labute approximate surface area is 148 Å². The molecule has 1 N–H and O–H groups in total. The molecule has 1 amide bonds. The third-order valence-corrected chi connectivity index (χ3v) is 6.06. The predicted octanol–water partition coefficient (Wildman–Crippen LogP) is 3.67. The number of carbonyl (C=O) groups excluding carboxylic acids is 1. The largest absolute Gasteiger partial charge is 0.342 e. The maximum absolute atomic E-state index is 12.6. The molecule has 1 aliphatic rings. The summed E-state index contributed by atoms with van der Waals surface area (Å²) in [6.07, 6.45) is 2.38. The molecule has 1 aliphatic heterocycles. The second kappa shape index (κ2) is 7.88. The fraction of sp³-hybridized carbons (Fsp3) is 0.474. The van der Waals surface area contributed by atoms with Crippen LogP contribution in [0.1, 0.15) is 40.6 Å². The van der Waals surface area contributed by atoms with Crippen LogP contribution >= 0.6 is 11.8 Å². The maximum atomic E-state index is 12.6. The first-order valence-corrected chi connectivity index (χ1v) is 9.65. The van der Waals surface area contributed by atoms with Gasteiger partial charge in [0.05, 0.1) is 5.69 Å². The molecule has 1 fully saturated rings. The molecule has 24 heavy (non-hydrogen) atoms.